The van der Waals surface area contributed by atoms with E-state index in [-0.39, 0.29) is 5.91 Å². The van der Waals surface area contributed by atoms with Gasteiger partial charge in [0, 0.05) is 24.1 Å². The third-order valence-corrected chi connectivity index (χ3v) is 5.54. The highest BCUT2D eigenvalue weighted by Crippen LogP contribution is 2.38. The Labute approximate surface area is 141 Å². The summed E-state index contributed by atoms with van der Waals surface area (Å²) in [6.45, 7) is 6.13. The fraction of sp³-hybridized carbons (Fsp3) is 0.368. The fourth-order valence-electron chi connectivity index (χ4n) is 2.84. The summed E-state index contributed by atoms with van der Waals surface area (Å²) in [6.07, 6.45) is 3.91. The van der Waals surface area contributed by atoms with Crippen molar-refractivity contribution in [3.8, 4) is 11.8 Å². The molecular formula is C19H20N2OS. The predicted octanol–water partition coefficient (Wildman–Crippen LogP) is 3.81. The number of carbonyl (C=O) groups excluding carboxylic acids is 1. The molecule has 23 heavy (non-hydrogen) atoms. The molecule has 1 aliphatic heterocycles. The van der Waals surface area contributed by atoms with Crippen molar-refractivity contribution >= 4 is 17.2 Å². The molecule has 4 heteroatoms. The van der Waals surface area contributed by atoms with Gasteiger partial charge in [0.2, 0.25) is 0 Å². The maximum atomic E-state index is 12.5. The predicted molar refractivity (Wildman–Crippen MR) is 93.5 cm³/mol. The molecule has 0 saturated carbocycles. The fourth-order valence-corrected chi connectivity index (χ4v) is 3.58. The van der Waals surface area contributed by atoms with E-state index in [0.29, 0.717) is 15.3 Å². The van der Waals surface area contributed by atoms with Crippen LogP contribution in [0.2, 0.25) is 0 Å². The third kappa shape index (κ3) is 3.30. The Bertz CT molecular complexity index is 742. The largest absolute Gasteiger partial charge is 0.337 e. The number of aromatic nitrogens is 1. The monoisotopic (exact) mass is 324 g/mol. The van der Waals surface area contributed by atoms with E-state index in [4.69, 9.17) is 0 Å². The van der Waals surface area contributed by atoms with Crippen molar-refractivity contribution < 1.29 is 4.79 Å². The van der Waals surface area contributed by atoms with Crippen molar-refractivity contribution in [1.82, 2.24) is 9.88 Å². The molecule has 1 fully saturated rings. The number of hydrogen-bond acceptors (Lipinski definition) is 3. The van der Waals surface area contributed by atoms with Crippen LogP contribution in [-0.2, 0) is 0 Å². The van der Waals surface area contributed by atoms with E-state index in [1.807, 2.05) is 35.2 Å². The van der Waals surface area contributed by atoms with E-state index in [9.17, 15) is 4.79 Å². The van der Waals surface area contributed by atoms with E-state index >= 15 is 0 Å². The molecule has 1 aliphatic rings. The zero-order valence-electron chi connectivity index (χ0n) is 13.5. The first-order valence-electron chi connectivity index (χ1n) is 7.98. The van der Waals surface area contributed by atoms with Crippen molar-refractivity contribution in [2.75, 3.05) is 13.1 Å². The number of rotatable bonds is 3. The molecule has 3 rings (SSSR count). The summed E-state index contributed by atoms with van der Waals surface area (Å²) in [5.74, 6) is 6.20. The minimum atomic E-state index is 0.0905. The zero-order chi connectivity index (χ0) is 16.3. The second kappa shape index (κ2) is 6.55. The second-order valence-corrected chi connectivity index (χ2v) is 7.04. The van der Waals surface area contributed by atoms with Gasteiger partial charge in [-0.1, -0.05) is 38.0 Å². The lowest BCUT2D eigenvalue weighted by atomic mass is 9.75. The minimum Gasteiger partial charge on any atom is -0.337 e. The van der Waals surface area contributed by atoms with Crippen LogP contribution in [0, 0.1) is 17.3 Å². The minimum absolute atomic E-state index is 0.0905. The van der Waals surface area contributed by atoms with Gasteiger partial charge in [-0.25, -0.2) is 4.98 Å². The van der Waals surface area contributed by atoms with Gasteiger partial charge in [0.05, 0.1) is 6.20 Å². The smallest absolute Gasteiger partial charge is 0.265 e. The lowest BCUT2D eigenvalue weighted by molar-refractivity contribution is 0.00168. The Morgan fingerprint density at radius 2 is 1.91 bits per heavy atom. The molecule has 0 radical (unpaired) electrons. The first kappa shape index (κ1) is 15.8. The Balaban J connectivity index is 1.66. The molecule has 1 amide bonds. The van der Waals surface area contributed by atoms with E-state index in [2.05, 4.69) is 30.7 Å². The molecule has 2 aromatic rings. The van der Waals surface area contributed by atoms with Gasteiger partial charge < -0.3 is 4.90 Å². The summed E-state index contributed by atoms with van der Waals surface area (Å²) in [7, 11) is 0. The quantitative estimate of drug-likeness (QED) is 0.805. The summed E-state index contributed by atoms with van der Waals surface area (Å²) in [5, 5.41) is 0.690. The maximum Gasteiger partial charge on any atom is 0.265 e. The summed E-state index contributed by atoms with van der Waals surface area (Å²) in [4.78, 5) is 19.4. The SMILES string of the molecule is CCC1(CC)CN(C(=O)c2cnc(C#Cc3ccccc3)s2)C1. The van der Waals surface area contributed by atoms with Crippen LogP contribution in [0.25, 0.3) is 0 Å². The Kier molecular flexibility index (Phi) is 4.49. The van der Waals surface area contributed by atoms with Gasteiger partial charge in [0.15, 0.2) is 5.01 Å². The molecule has 1 aromatic heterocycles. The molecule has 1 aromatic carbocycles. The van der Waals surface area contributed by atoms with Gasteiger partial charge in [0.1, 0.15) is 4.88 Å². The number of carbonyl (C=O) groups is 1. The van der Waals surface area contributed by atoms with Gasteiger partial charge in [0.25, 0.3) is 5.91 Å². The van der Waals surface area contributed by atoms with Crippen molar-refractivity contribution in [3.63, 3.8) is 0 Å². The topological polar surface area (TPSA) is 33.2 Å². The van der Waals surface area contributed by atoms with Gasteiger partial charge in [-0.3, -0.25) is 4.79 Å². The number of hydrogen-bond donors (Lipinski definition) is 0. The molecule has 0 N–H and O–H groups in total. The normalized spacial score (nSPS) is 15.5. The summed E-state index contributed by atoms with van der Waals surface area (Å²) < 4.78 is 0. The maximum absolute atomic E-state index is 12.5. The molecule has 0 bridgehead atoms. The molecular weight excluding hydrogens is 304 g/mol. The van der Waals surface area contributed by atoms with Gasteiger partial charge in [-0.2, -0.15) is 0 Å². The average molecular weight is 324 g/mol. The first-order chi connectivity index (χ1) is 11.2. The number of benzene rings is 1. The molecule has 1 saturated heterocycles. The molecule has 0 aliphatic carbocycles. The van der Waals surface area contributed by atoms with Gasteiger partial charge >= 0.3 is 0 Å². The van der Waals surface area contributed by atoms with Crippen LogP contribution in [0.3, 0.4) is 0 Å². The number of nitrogens with zero attached hydrogens (tertiary/aromatic N) is 2. The van der Waals surface area contributed by atoms with Gasteiger partial charge in [-0.05, 0) is 30.9 Å². The van der Waals surface area contributed by atoms with Crippen LogP contribution in [0.4, 0.5) is 0 Å². The lowest BCUT2D eigenvalue weighted by Crippen LogP contribution is -2.57. The van der Waals surface area contributed by atoms with Crippen LogP contribution < -0.4 is 0 Å². The summed E-state index contributed by atoms with van der Waals surface area (Å²) in [5.41, 5.74) is 1.28. The highest BCUT2D eigenvalue weighted by atomic mass is 32.1. The van der Waals surface area contributed by atoms with E-state index < -0.39 is 0 Å². The van der Waals surface area contributed by atoms with Gasteiger partial charge in [-0.15, -0.1) is 11.3 Å². The Morgan fingerprint density at radius 1 is 1.22 bits per heavy atom. The number of thiazole rings is 1. The standard InChI is InChI=1S/C19H20N2OS/c1-3-19(4-2)13-21(14-19)18(22)16-12-20-17(23-16)11-10-15-8-6-5-7-9-15/h5-9,12H,3-4,13-14H2,1-2H3. The molecule has 118 valence electrons. The van der Waals surface area contributed by atoms with Crippen molar-refractivity contribution in [3.05, 3.63) is 52.0 Å². The van der Waals surface area contributed by atoms with Crippen molar-refractivity contribution in [2.45, 2.75) is 26.7 Å². The average Bonchev–Trinajstić information content (AvgIpc) is 3.03. The number of likely N-dealkylation sites (tertiary alicyclic amines) is 1. The molecule has 0 unspecified atom stereocenters. The summed E-state index contributed by atoms with van der Waals surface area (Å²) >= 11 is 1.38. The van der Waals surface area contributed by atoms with E-state index in [1.165, 1.54) is 11.3 Å². The van der Waals surface area contributed by atoms with E-state index in [1.54, 1.807) is 6.20 Å². The molecule has 2 heterocycles. The molecule has 0 spiro atoms. The second-order valence-electron chi connectivity index (χ2n) is 6.01. The molecule has 3 nitrogen and oxygen atoms in total. The first-order valence-corrected chi connectivity index (χ1v) is 8.79. The lowest BCUT2D eigenvalue weighted by Gasteiger charge is -2.49. The van der Waals surface area contributed by atoms with Crippen LogP contribution in [-0.4, -0.2) is 28.9 Å². The van der Waals surface area contributed by atoms with E-state index in [0.717, 1.165) is 31.5 Å². The van der Waals surface area contributed by atoms with Crippen LogP contribution in [0.15, 0.2) is 36.5 Å². The highest BCUT2D eigenvalue weighted by molar-refractivity contribution is 7.14. The zero-order valence-corrected chi connectivity index (χ0v) is 14.3. The molecule has 0 atom stereocenters. The van der Waals surface area contributed by atoms with Crippen molar-refractivity contribution in [1.29, 1.82) is 0 Å². The third-order valence-electron chi connectivity index (χ3n) is 4.64. The highest BCUT2D eigenvalue weighted by Gasteiger charge is 2.42. The van der Waals surface area contributed by atoms with Crippen LogP contribution in [0.1, 0.15) is 46.9 Å². The number of amides is 1. The summed E-state index contributed by atoms with van der Waals surface area (Å²) in [6, 6.07) is 9.80. The van der Waals surface area contributed by atoms with Crippen LogP contribution >= 0.6 is 11.3 Å². The van der Waals surface area contributed by atoms with Crippen molar-refractivity contribution in [2.24, 2.45) is 5.41 Å². The van der Waals surface area contributed by atoms with Crippen LogP contribution in [0.5, 0.6) is 0 Å². The Hall–Kier alpha value is -2.12. The Morgan fingerprint density at radius 3 is 2.57 bits per heavy atom.